The van der Waals surface area contributed by atoms with Crippen molar-refractivity contribution in [1.82, 2.24) is 9.97 Å². The molecule has 6 aromatic rings. The van der Waals surface area contributed by atoms with Crippen LogP contribution in [0.3, 0.4) is 0 Å². The van der Waals surface area contributed by atoms with E-state index in [4.69, 9.17) is 0 Å². The minimum Gasteiger partial charge on any atom is 0 e. The molecule has 3 heterocycles. The summed E-state index contributed by atoms with van der Waals surface area (Å²) in [4.78, 5) is 9.10. The van der Waals surface area contributed by atoms with E-state index in [9.17, 15) is 4.39 Å². The maximum Gasteiger partial charge on any atom is 0 e. The van der Waals surface area contributed by atoms with E-state index >= 15 is 0 Å². The summed E-state index contributed by atoms with van der Waals surface area (Å²) in [5, 5.41) is 2.06. The fraction of sp³-hybridized carbons (Fsp3) is 0.243. The van der Waals surface area contributed by atoms with Crippen molar-refractivity contribution in [2.75, 3.05) is 0 Å². The maximum atomic E-state index is 13.7. The standard InChI is InChI=1S/C23H19FNS.C14H16GeN.Ir/c24-18-6-8-23-20(14-18)19-13-17(5-7-22(19)26-23)21-12-16(9-10-25-21)11-15-3-1-2-4-15;1-15(2,3)13-9-10-14(16-11-13)12-7-5-4-6-8-12;/h6-10,12-15H,1-4,11H2;4-7,9-11H,1-3H3;/q2*-1;. The third kappa shape index (κ3) is 7.69. The number of aromatic nitrogens is 2. The Bertz CT molecular complexity index is 1810. The van der Waals surface area contributed by atoms with E-state index in [1.807, 2.05) is 48.8 Å². The molecule has 0 unspecified atom stereocenters. The smallest absolute Gasteiger partial charge is 0 e. The van der Waals surface area contributed by atoms with E-state index < -0.39 is 13.3 Å². The number of hydrogen-bond acceptors (Lipinski definition) is 3. The van der Waals surface area contributed by atoms with Crippen LogP contribution in [0.25, 0.3) is 42.7 Å². The van der Waals surface area contributed by atoms with Gasteiger partial charge in [-0.1, -0.05) is 42.7 Å². The number of benzene rings is 3. The second-order valence-corrected chi connectivity index (χ2v) is 24.0. The van der Waals surface area contributed by atoms with Crippen molar-refractivity contribution < 1.29 is 24.5 Å². The summed E-state index contributed by atoms with van der Waals surface area (Å²) in [5.41, 5.74) is 5.37. The van der Waals surface area contributed by atoms with Gasteiger partial charge in [0.15, 0.2) is 0 Å². The number of halogens is 1. The van der Waals surface area contributed by atoms with E-state index in [0.717, 1.165) is 55.0 Å². The number of nitrogens with zero attached hydrogens (tertiary/aromatic N) is 2. The largest absolute Gasteiger partial charge is 0 e. The average molecular weight is 824 g/mol. The Morgan fingerprint density at radius 1 is 0.837 bits per heavy atom. The Labute approximate surface area is 274 Å². The van der Waals surface area contributed by atoms with E-state index in [2.05, 4.69) is 69.7 Å². The summed E-state index contributed by atoms with van der Waals surface area (Å²) in [7, 11) is 0. The van der Waals surface area contributed by atoms with Gasteiger partial charge in [0.2, 0.25) is 0 Å². The van der Waals surface area contributed by atoms with Gasteiger partial charge in [-0.3, -0.25) is 0 Å². The number of thiophene rings is 1. The minimum atomic E-state index is -1.72. The topological polar surface area (TPSA) is 25.8 Å². The molecule has 1 fully saturated rings. The van der Waals surface area contributed by atoms with E-state index in [0.29, 0.717) is 0 Å². The number of rotatable bonds is 5. The molecule has 1 aliphatic rings. The second-order valence-electron chi connectivity index (χ2n) is 12.2. The van der Waals surface area contributed by atoms with E-state index in [1.54, 1.807) is 17.4 Å². The first-order valence-corrected chi connectivity index (χ1v) is 22.9. The fourth-order valence-electron chi connectivity index (χ4n) is 5.69. The van der Waals surface area contributed by atoms with Gasteiger partial charge in [0.1, 0.15) is 5.82 Å². The Morgan fingerprint density at radius 2 is 1.65 bits per heavy atom. The molecule has 0 spiro atoms. The molecular formula is C37H35FGeIrN2S-2. The maximum absolute atomic E-state index is 13.7. The molecule has 6 heteroatoms. The third-order valence-corrected chi connectivity index (χ3v) is 13.5. The van der Waals surface area contributed by atoms with Crippen molar-refractivity contribution in [3.8, 4) is 22.5 Å². The van der Waals surface area contributed by atoms with Crippen LogP contribution in [-0.4, -0.2) is 23.2 Å². The van der Waals surface area contributed by atoms with Crippen LogP contribution in [0.1, 0.15) is 31.2 Å². The van der Waals surface area contributed by atoms with Gasteiger partial charge in [-0.2, -0.15) is 11.3 Å². The van der Waals surface area contributed by atoms with Crippen molar-refractivity contribution in [2.45, 2.75) is 49.4 Å². The van der Waals surface area contributed by atoms with Crippen molar-refractivity contribution in [1.29, 1.82) is 0 Å². The first kappa shape index (κ1) is 31.7. The van der Waals surface area contributed by atoms with Crippen molar-refractivity contribution in [3.63, 3.8) is 0 Å². The normalized spacial score (nSPS) is 13.5. The second kappa shape index (κ2) is 13.9. The van der Waals surface area contributed by atoms with Gasteiger partial charge in [0, 0.05) is 31.0 Å². The molecule has 3 aromatic heterocycles. The first-order valence-electron chi connectivity index (χ1n) is 14.8. The van der Waals surface area contributed by atoms with Gasteiger partial charge >= 0.3 is 99.8 Å². The molecule has 0 aliphatic heterocycles. The Balaban J connectivity index is 0.000000188. The molecule has 1 saturated carbocycles. The first-order chi connectivity index (χ1) is 20.3. The molecule has 221 valence electrons. The summed E-state index contributed by atoms with van der Waals surface area (Å²) in [6.07, 6.45) is 10.5. The van der Waals surface area contributed by atoms with Crippen LogP contribution in [-0.2, 0) is 26.5 Å². The average Bonchev–Trinajstić information content (AvgIpc) is 3.65. The molecule has 43 heavy (non-hydrogen) atoms. The minimum absolute atomic E-state index is 0. The number of hydrogen-bond donors (Lipinski definition) is 0. The molecule has 0 amide bonds. The molecule has 1 aliphatic carbocycles. The van der Waals surface area contributed by atoms with Crippen LogP contribution in [0.4, 0.5) is 4.39 Å². The van der Waals surface area contributed by atoms with Crippen LogP contribution >= 0.6 is 11.3 Å². The monoisotopic (exact) mass is 825 g/mol. The molecule has 0 atom stereocenters. The molecule has 7 rings (SSSR count). The van der Waals surface area contributed by atoms with Crippen LogP contribution in [0.15, 0.2) is 91.3 Å². The zero-order valence-corrected chi connectivity index (χ0v) is 30.1. The summed E-state index contributed by atoms with van der Waals surface area (Å²) in [6.45, 7) is 0. The van der Waals surface area contributed by atoms with Crippen molar-refractivity contribution in [3.05, 3.63) is 115 Å². The number of fused-ring (bicyclic) bond motifs is 3. The van der Waals surface area contributed by atoms with Crippen LogP contribution in [0.5, 0.6) is 0 Å². The van der Waals surface area contributed by atoms with Gasteiger partial charge < -0.3 is 4.98 Å². The Kier molecular flexibility index (Phi) is 10.3. The van der Waals surface area contributed by atoms with E-state index in [1.165, 1.54) is 41.7 Å². The zero-order chi connectivity index (χ0) is 29.1. The molecule has 0 bridgehead atoms. The van der Waals surface area contributed by atoms with Gasteiger partial charge in [0.05, 0.1) is 0 Å². The van der Waals surface area contributed by atoms with E-state index in [-0.39, 0.29) is 25.9 Å². The molecule has 3 aromatic carbocycles. The molecule has 2 nitrogen and oxygen atoms in total. The Hall–Kier alpha value is -2.70. The van der Waals surface area contributed by atoms with Crippen LogP contribution < -0.4 is 4.40 Å². The fourth-order valence-corrected chi connectivity index (χ4v) is 8.91. The molecule has 0 N–H and O–H groups in total. The van der Waals surface area contributed by atoms with Crippen LogP contribution in [0, 0.1) is 23.9 Å². The predicted octanol–water partition coefficient (Wildman–Crippen LogP) is 9.88. The van der Waals surface area contributed by atoms with Gasteiger partial charge in [-0.15, -0.1) is 23.8 Å². The van der Waals surface area contributed by atoms with Crippen LogP contribution in [0.2, 0.25) is 17.3 Å². The summed E-state index contributed by atoms with van der Waals surface area (Å²) in [6, 6.07) is 32.3. The van der Waals surface area contributed by atoms with Gasteiger partial charge in [-0.25, -0.2) is 4.39 Å². The van der Waals surface area contributed by atoms with Crippen molar-refractivity contribution in [2.24, 2.45) is 5.92 Å². The van der Waals surface area contributed by atoms with Gasteiger partial charge in [-0.05, 0) is 52.4 Å². The SMILES string of the molecule is Fc1ccc2sc3c[c-]c(-c4cc(CC5CCCC5)ccn4)cc3c2c1.[CH3][Ge]([CH3])([CH3])[c]1ccc(-c2[c-]cccc2)nc1.[Ir]. The quantitative estimate of drug-likeness (QED) is 0.128. The Morgan fingerprint density at radius 3 is 2.37 bits per heavy atom. The third-order valence-electron chi connectivity index (χ3n) is 8.08. The molecule has 0 saturated heterocycles. The number of pyridine rings is 2. The summed E-state index contributed by atoms with van der Waals surface area (Å²) in [5.74, 6) is 7.77. The summed E-state index contributed by atoms with van der Waals surface area (Å²) >= 11 is -0.0355. The predicted molar refractivity (Wildman–Crippen MR) is 179 cm³/mol. The van der Waals surface area contributed by atoms with Gasteiger partial charge in [0.25, 0.3) is 0 Å². The summed E-state index contributed by atoms with van der Waals surface area (Å²) < 4.78 is 17.4. The van der Waals surface area contributed by atoms with Crippen molar-refractivity contribution >= 4 is 49.2 Å². The molecular weight excluding hydrogens is 788 g/mol. The molecule has 1 radical (unpaired) electrons. The zero-order valence-electron chi connectivity index (χ0n) is 24.8.